The Morgan fingerprint density at radius 3 is 2.63 bits per heavy atom. The first kappa shape index (κ1) is 13.7. The molecule has 6 heteroatoms. The number of nitrogens with zero attached hydrogens (tertiary/aromatic N) is 2. The van der Waals surface area contributed by atoms with Crippen LogP contribution in [0, 0.1) is 5.41 Å². The molecule has 1 amide bonds. The van der Waals surface area contributed by atoms with E-state index in [0.29, 0.717) is 12.4 Å². The topological polar surface area (TPSA) is 101 Å². The Morgan fingerprint density at radius 1 is 1.47 bits per heavy atom. The fraction of sp³-hybridized carbons (Fsp3) is 0.615. The van der Waals surface area contributed by atoms with E-state index in [4.69, 9.17) is 5.73 Å². The van der Waals surface area contributed by atoms with Crippen molar-refractivity contribution < 1.29 is 9.90 Å². The van der Waals surface area contributed by atoms with Gasteiger partial charge in [-0.25, -0.2) is 9.97 Å². The molecule has 1 aromatic rings. The minimum Gasteiger partial charge on any atom is -0.392 e. The maximum absolute atomic E-state index is 10.9. The van der Waals surface area contributed by atoms with E-state index in [1.54, 1.807) is 0 Å². The van der Waals surface area contributed by atoms with Gasteiger partial charge in [0.25, 0.3) is 5.91 Å². The van der Waals surface area contributed by atoms with Crippen molar-refractivity contribution in [3.8, 4) is 0 Å². The van der Waals surface area contributed by atoms with Gasteiger partial charge < -0.3 is 16.2 Å². The number of primary amides is 1. The normalized spacial score (nSPS) is 25.8. The first-order valence-electron chi connectivity index (χ1n) is 6.45. The van der Waals surface area contributed by atoms with Crippen molar-refractivity contribution in [1.29, 1.82) is 0 Å². The van der Waals surface area contributed by atoms with Gasteiger partial charge in [0.2, 0.25) is 5.95 Å². The highest BCUT2D eigenvalue weighted by molar-refractivity contribution is 5.92. The van der Waals surface area contributed by atoms with Crippen LogP contribution < -0.4 is 11.1 Å². The van der Waals surface area contributed by atoms with E-state index in [1.165, 1.54) is 12.4 Å². The summed E-state index contributed by atoms with van der Waals surface area (Å²) in [5.74, 6) is -0.0803. The molecule has 6 nitrogen and oxygen atoms in total. The zero-order chi connectivity index (χ0) is 14.0. The second kappa shape index (κ2) is 5.13. The predicted octanol–water partition coefficient (Wildman–Crippen LogP) is 0.927. The Morgan fingerprint density at radius 2 is 2.11 bits per heavy atom. The average Bonchev–Trinajstić information content (AvgIpc) is 2.35. The molecule has 1 aliphatic carbocycles. The number of carbonyl (C=O) groups is 1. The smallest absolute Gasteiger partial charge is 0.251 e. The summed E-state index contributed by atoms with van der Waals surface area (Å²) < 4.78 is 0. The van der Waals surface area contributed by atoms with Crippen molar-refractivity contribution in [3.05, 3.63) is 18.0 Å². The number of rotatable bonds is 3. The molecule has 0 saturated heterocycles. The van der Waals surface area contributed by atoms with Crippen LogP contribution in [0.15, 0.2) is 12.4 Å². The van der Waals surface area contributed by atoms with Gasteiger partial charge in [0.15, 0.2) is 0 Å². The van der Waals surface area contributed by atoms with Gasteiger partial charge in [0.05, 0.1) is 11.7 Å². The molecular weight excluding hydrogens is 244 g/mol. The molecule has 0 radical (unpaired) electrons. The summed E-state index contributed by atoms with van der Waals surface area (Å²) in [5, 5.41) is 13.2. The minimum atomic E-state index is -0.540. The maximum atomic E-state index is 10.9. The summed E-state index contributed by atoms with van der Waals surface area (Å²) in [6.07, 6.45) is 5.06. The predicted molar refractivity (Wildman–Crippen MR) is 71.6 cm³/mol. The number of nitrogens with two attached hydrogens (primary N) is 1. The van der Waals surface area contributed by atoms with Gasteiger partial charge in [-0.05, 0) is 24.7 Å². The number of hydrogen-bond donors (Lipinski definition) is 3. The number of aliphatic hydroxyl groups excluding tert-OH is 1. The van der Waals surface area contributed by atoms with E-state index in [9.17, 15) is 9.90 Å². The van der Waals surface area contributed by atoms with E-state index in [-0.39, 0.29) is 23.1 Å². The van der Waals surface area contributed by atoms with Crippen LogP contribution in [0.5, 0.6) is 0 Å². The summed E-state index contributed by atoms with van der Waals surface area (Å²) in [6.45, 7) is 4.15. The summed E-state index contributed by atoms with van der Waals surface area (Å²) in [6, 6.07) is 0.155. The molecule has 104 valence electrons. The van der Waals surface area contributed by atoms with Crippen LogP contribution in [-0.4, -0.2) is 33.1 Å². The summed E-state index contributed by atoms with van der Waals surface area (Å²) >= 11 is 0. The molecule has 0 bridgehead atoms. The standard InChI is InChI=1S/C13H20N4O2/c1-13(2)4-3-9(5-10(13)18)17-12-15-6-8(7-16-12)11(14)19/h6-7,9-10,18H,3-5H2,1-2H3,(H2,14,19)(H,15,16,17)/t9-,10-/m0/s1. The van der Waals surface area contributed by atoms with Gasteiger partial charge in [-0.15, -0.1) is 0 Å². The third-order valence-corrected chi connectivity index (χ3v) is 3.82. The fourth-order valence-electron chi connectivity index (χ4n) is 2.26. The molecule has 0 aromatic carbocycles. The highest BCUT2D eigenvalue weighted by Gasteiger charge is 2.35. The number of amides is 1. The molecule has 1 fully saturated rings. The van der Waals surface area contributed by atoms with Crippen LogP contribution in [0.2, 0.25) is 0 Å². The molecule has 2 rings (SSSR count). The molecule has 1 heterocycles. The molecule has 2 atom stereocenters. The Hall–Kier alpha value is -1.69. The number of aromatic nitrogens is 2. The highest BCUT2D eigenvalue weighted by Crippen LogP contribution is 2.36. The van der Waals surface area contributed by atoms with Gasteiger partial charge >= 0.3 is 0 Å². The number of hydrogen-bond acceptors (Lipinski definition) is 5. The highest BCUT2D eigenvalue weighted by atomic mass is 16.3. The number of nitrogens with one attached hydrogen (secondary N) is 1. The van der Waals surface area contributed by atoms with Crippen LogP contribution in [0.25, 0.3) is 0 Å². The van der Waals surface area contributed by atoms with Gasteiger partial charge in [0.1, 0.15) is 0 Å². The molecule has 19 heavy (non-hydrogen) atoms. The van der Waals surface area contributed by atoms with Gasteiger partial charge in [-0.1, -0.05) is 13.8 Å². The van der Waals surface area contributed by atoms with E-state index in [2.05, 4.69) is 29.1 Å². The lowest BCUT2D eigenvalue weighted by Crippen LogP contribution is -2.41. The Labute approximate surface area is 112 Å². The van der Waals surface area contributed by atoms with Crippen molar-refractivity contribution in [2.24, 2.45) is 11.1 Å². The van der Waals surface area contributed by atoms with Gasteiger partial charge in [-0.2, -0.15) is 0 Å². The molecule has 1 saturated carbocycles. The second-order valence-corrected chi connectivity index (χ2v) is 5.78. The minimum absolute atomic E-state index is 0.0329. The fourth-order valence-corrected chi connectivity index (χ4v) is 2.26. The maximum Gasteiger partial charge on any atom is 0.251 e. The van der Waals surface area contributed by atoms with Crippen molar-refractivity contribution in [2.75, 3.05) is 5.32 Å². The van der Waals surface area contributed by atoms with Crippen molar-refractivity contribution in [1.82, 2.24) is 9.97 Å². The van der Waals surface area contributed by atoms with Crippen molar-refractivity contribution >= 4 is 11.9 Å². The lowest BCUT2D eigenvalue weighted by molar-refractivity contribution is 0.00908. The van der Waals surface area contributed by atoms with Crippen LogP contribution in [0.3, 0.4) is 0 Å². The second-order valence-electron chi connectivity index (χ2n) is 5.78. The van der Waals surface area contributed by atoms with E-state index in [1.807, 2.05) is 0 Å². The third kappa shape index (κ3) is 3.20. The third-order valence-electron chi connectivity index (χ3n) is 3.82. The first-order chi connectivity index (χ1) is 8.88. The van der Waals surface area contributed by atoms with E-state index >= 15 is 0 Å². The van der Waals surface area contributed by atoms with E-state index in [0.717, 1.165) is 12.8 Å². The van der Waals surface area contributed by atoms with Gasteiger partial charge in [0, 0.05) is 18.4 Å². The first-order valence-corrected chi connectivity index (χ1v) is 6.45. The van der Waals surface area contributed by atoms with Crippen LogP contribution >= 0.6 is 0 Å². The van der Waals surface area contributed by atoms with Crippen LogP contribution in [-0.2, 0) is 0 Å². The lowest BCUT2D eigenvalue weighted by Gasteiger charge is -2.39. The zero-order valence-corrected chi connectivity index (χ0v) is 11.3. The SMILES string of the molecule is CC1(C)CC[C@H](Nc2ncc(C(N)=O)cn2)C[C@@H]1O. The monoisotopic (exact) mass is 264 g/mol. The quantitative estimate of drug-likeness (QED) is 0.753. The average molecular weight is 264 g/mol. The molecular formula is C13H20N4O2. The molecule has 0 unspecified atom stereocenters. The van der Waals surface area contributed by atoms with Crippen molar-refractivity contribution in [2.45, 2.75) is 45.3 Å². The summed E-state index contributed by atoms with van der Waals surface area (Å²) in [5.41, 5.74) is 5.38. The molecule has 0 spiro atoms. The number of anilines is 1. The lowest BCUT2D eigenvalue weighted by atomic mass is 9.73. The molecule has 1 aliphatic rings. The number of aliphatic hydroxyl groups is 1. The molecule has 0 aliphatic heterocycles. The summed E-state index contributed by atoms with van der Waals surface area (Å²) in [7, 11) is 0. The Kier molecular flexibility index (Phi) is 3.71. The van der Waals surface area contributed by atoms with Crippen molar-refractivity contribution in [3.63, 3.8) is 0 Å². The van der Waals surface area contributed by atoms with E-state index < -0.39 is 5.91 Å². The Balaban J connectivity index is 1.97. The van der Waals surface area contributed by atoms with Crippen LogP contribution in [0.1, 0.15) is 43.5 Å². The molecule has 1 aromatic heterocycles. The molecule has 4 N–H and O–H groups in total. The largest absolute Gasteiger partial charge is 0.392 e. The van der Waals surface area contributed by atoms with Crippen LogP contribution in [0.4, 0.5) is 5.95 Å². The summed E-state index contributed by atoms with van der Waals surface area (Å²) in [4.78, 5) is 19.0. The van der Waals surface area contributed by atoms with Gasteiger partial charge in [-0.3, -0.25) is 4.79 Å². The number of carbonyl (C=O) groups excluding carboxylic acids is 1. The zero-order valence-electron chi connectivity index (χ0n) is 11.3. The Bertz CT molecular complexity index is 458.